The Balaban J connectivity index is 2.79. The number of benzene rings is 1. The highest BCUT2D eigenvalue weighted by atomic mass is 16.7. The Morgan fingerprint density at radius 3 is 2.24 bits per heavy atom. The topological polar surface area (TPSA) is 54.0 Å². The van der Waals surface area contributed by atoms with Crippen molar-refractivity contribution in [2.45, 2.75) is 13.8 Å². The summed E-state index contributed by atoms with van der Waals surface area (Å²) in [5.74, 6) is 1.74. The van der Waals surface area contributed by atoms with Crippen LogP contribution >= 0.6 is 0 Å². The standard InChI is InChI=1S/C12H14O5/c1-6-8(7(2)13)10-12(17-5-16-10)11(15-4)9(6)14-3/h5H2,1-4H3. The number of hydrogen-bond acceptors (Lipinski definition) is 5. The van der Waals surface area contributed by atoms with Gasteiger partial charge in [-0.15, -0.1) is 0 Å². The van der Waals surface area contributed by atoms with Crippen LogP contribution in [0.5, 0.6) is 23.0 Å². The number of hydrogen-bond donors (Lipinski definition) is 0. The number of methoxy groups -OCH3 is 2. The van der Waals surface area contributed by atoms with Gasteiger partial charge in [-0.2, -0.15) is 0 Å². The molecule has 0 amide bonds. The molecule has 0 unspecified atom stereocenters. The first-order valence-corrected chi connectivity index (χ1v) is 5.16. The quantitative estimate of drug-likeness (QED) is 0.753. The number of Topliss-reactive ketones (excluding diaryl/α,β-unsaturated/α-hetero) is 1. The minimum absolute atomic E-state index is 0.0819. The zero-order chi connectivity index (χ0) is 12.6. The molecule has 0 aromatic heterocycles. The number of ether oxygens (including phenoxy) is 4. The minimum atomic E-state index is -0.0924. The molecule has 0 atom stereocenters. The van der Waals surface area contributed by atoms with Crippen LogP contribution in [0, 0.1) is 6.92 Å². The first kappa shape index (κ1) is 11.6. The van der Waals surface area contributed by atoms with Gasteiger partial charge < -0.3 is 18.9 Å². The van der Waals surface area contributed by atoms with Gasteiger partial charge in [-0.05, 0) is 13.8 Å². The second-order valence-electron chi connectivity index (χ2n) is 3.69. The van der Waals surface area contributed by atoms with E-state index < -0.39 is 0 Å². The molecule has 0 saturated carbocycles. The lowest BCUT2D eigenvalue weighted by atomic mass is 10.0. The third-order valence-electron chi connectivity index (χ3n) is 2.73. The van der Waals surface area contributed by atoms with E-state index in [0.29, 0.717) is 34.1 Å². The zero-order valence-electron chi connectivity index (χ0n) is 10.2. The fourth-order valence-corrected chi connectivity index (χ4v) is 2.05. The van der Waals surface area contributed by atoms with Crippen LogP contribution in [-0.2, 0) is 0 Å². The number of ketones is 1. The number of fused-ring (bicyclic) bond motifs is 1. The zero-order valence-corrected chi connectivity index (χ0v) is 10.2. The van der Waals surface area contributed by atoms with Crippen molar-refractivity contribution in [3.8, 4) is 23.0 Å². The molecule has 0 radical (unpaired) electrons. The fraction of sp³-hybridized carbons (Fsp3) is 0.417. The monoisotopic (exact) mass is 238 g/mol. The Bertz CT molecular complexity index is 475. The average molecular weight is 238 g/mol. The molecule has 0 aliphatic carbocycles. The van der Waals surface area contributed by atoms with E-state index in [1.165, 1.54) is 21.1 Å². The third-order valence-corrected chi connectivity index (χ3v) is 2.73. The van der Waals surface area contributed by atoms with Crippen LogP contribution in [0.25, 0.3) is 0 Å². The van der Waals surface area contributed by atoms with Gasteiger partial charge in [-0.3, -0.25) is 4.79 Å². The molecule has 0 spiro atoms. The van der Waals surface area contributed by atoms with E-state index in [1.807, 2.05) is 0 Å². The van der Waals surface area contributed by atoms with E-state index >= 15 is 0 Å². The normalized spacial score (nSPS) is 12.5. The van der Waals surface area contributed by atoms with Crippen molar-refractivity contribution >= 4 is 5.78 Å². The van der Waals surface area contributed by atoms with Gasteiger partial charge in [0.15, 0.2) is 17.3 Å². The van der Waals surface area contributed by atoms with Crippen LogP contribution in [0.4, 0.5) is 0 Å². The van der Waals surface area contributed by atoms with Crippen molar-refractivity contribution in [2.75, 3.05) is 21.0 Å². The van der Waals surface area contributed by atoms with Gasteiger partial charge in [0.1, 0.15) is 0 Å². The molecule has 1 aliphatic heterocycles. The van der Waals surface area contributed by atoms with Gasteiger partial charge >= 0.3 is 0 Å². The van der Waals surface area contributed by atoms with Gasteiger partial charge in [-0.1, -0.05) is 0 Å². The Kier molecular flexibility index (Phi) is 2.83. The number of carbonyl (C=O) groups excluding carboxylic acids is 1. The molecular formula is C12H14O5. The lowest BCUT2D eigenvalue weighted by molar-refractivity contribution is 0.101. The van der Waals surface area contributed by atoms with E-state index in [9.17, 15) is 4.79 Å². The Hall–Kier alpha value is -1.91. The summed E-state index contributed by atoms with van der Waals surface area (Å²) in [5, 5.41) is 0. The smallest absolute Gasteiger partial charge is 0.231 e. The molecule has 5 nitrogen and oxygen atoms in total. The van der Waals surface area contributed by atoms with Crippen LogP contribution in [0.2, 0.25) is 0 Å². The maximum atomic E-state index is 11.7. The summed E-state index contributed by atoms with van der Waals surface area (Å²) >= 11 is 0. The number of rotatable bonds is 3. The lowest BCUT2D eigenvalue weighted by Gasteiger charge is -2.15. The summed E-state index contributed by atoms with van der Waals surface area (Å²) in [6, 6.07) is 0. The molecule has 0 N–H and O–H groups in total. The van der Waals surface area contributed by atoms with E-state index in [-0.39, 0.29) is 12.6 Å². The minimum Gasteiger partial charge on any atom is -0.492 e. The first-order chi connectivity index (χ1) is 8.11. The summed E-state index contributed by atoms with van der Waals surface area (Å²) in [5.41, 5.74) is 1.18. The predicted molar refractivity (Wildman–Crippen MR) is 60.4 cm³/mol. The molecule has 0 fully saturated rings. The van der Waals surface area contributed by atoms with E-state index in [2.05, 4.69) is 0 Å². The Morgan fingerprint density at radius 2 is 1.71 bits per heavy atom. The molecule has 1 aliphatic rings. The molecule has 92 valence electrons. The second-order valence-corrected chi connectivity index (χ2v) is 3.69. The summed E-state index contributed by atoms with van der Waals surface area (Å²) in [7, 11) is 3.05. The maximum absolute atomic E-state index is 11.7. The molecule has 1 heterocycles. The highest BCUT2D eigenvalue weighted by molar-refractivity contribution is 6.01. The predicted octanol–water partition coefficient (Wildman–Crippen LogP) is 1.94. The van der Waals surface area contributed by atoms with Gasteiger partial charge in [0.05, 0.1) is 19.8 Å². The van der Waals surface area contributed by atoms with Crippen LogP contribution in [0.15, 0.2) is 0 Å². The van der Waals surface area contributed by atoms with Crippen LogP contribution in [0.1, 0.15) is 22.8 Å². The van der Waals surface area contributed by atoms with E-state index in [1.54, 1.807) is 6.92 Å². The van der Waals surface area contributed by atoms with Crippen molar-refractivity contribution in [3.05, 3.63) is 11.1 Å². The lowest BCUT2D eigenvalue weighted by Crippen LogP contribution is -2.03. The Morgan fingerprint density at radius 1 is 1.12 bits per heavy atom. The van der Waals surface area contributed by atoms with E-state index in [4.69, 9.17) is 18.9 Å². The molecule has 0 bridgehead atoms. The van der Waals surface area contributed by atoms with Crippen molar-refractivity contribution in [2.24, 2.45) is 0 Å². The first-order valence-electron chi connectivity index (χ1n) is 5.16. The third kappa shape index (κ3) is 1.58. The molecule has 1 aromatic rings. The Labute approximate surface area is 99.2 Å². The summed E-state index contributed by atoms with van der Waals surface area (Å²) < 4.78 is 21.2. The second kappa shape index (κ2) is 4.16. The molecule has 5 heteroatoms. The van der Waals surface area contributed by atoms with Gasteiger partial charge in [0, 0.05) is 5.56 Å². The molecule has 1 aromatic carbocycles. The van der Waals surface area contributed by atoms with Crippen molar-refractivity contribution in [1.29, 1.82) is 0 Å². The summed E-state index contributed by atoms with van der Waals surface area (Å²) in [6.45, 7) is 3.36. The van der Waals surface area contributed by atoms with Gasteiger partial charge in [-0.25, -0.2) is 0 Å². The van der Waals surface area contributed by atoms with Crippen molar-refractivity contribution in [3.63, 3.8) is 0 Å². The SMILES string of the molecule is COc1c(C)c(C(C)=O)c2c(c1OC)OCO2. The van der Waals surface area contributed by atoms with Crippen LogP contribution < -0.4 is 18.9 Å². The van der Waals surface area contributed by atoms with Gasteiger partial charge in [0.25, 0.3) is 0 Å². The largest absolute Gasteiger partial charge is 0.492 e. The molecule has 17 heavy (non-hydrogen) atoms. The summed E-state index contributed by atoms with van der Waals surface area (Å²) in [4.78, 5) is 11.7. The maximum Gasteiger partial charge on any atom is 0.231 e. The molecule has 2 rings (SSSR count). The highest BCUT2D eigenvalue weighted by Gasteiger charge is 2.31. The van der Waals surface area contributed by atoms with E-state index in [0.717, 1.165) is 0 Å². The highest BCUT2D eigenvalue weighted by Crippen LogP contribution is 2.51. The van der Waals surface area contributed by atoms with Crippen LogP contribution in [0.3, 0.4) is 0 Å². The van der Waals surface area contributed by atoms with Crippen molar-refractivity contribution < 1.29 is 23.7 Å². The average Bonchev–Trinajstić information content (AvgIpc) is 2.74. The summed E-state index contributed by atoms with van der Waals surface area (Å²) in [6.07, 6.45) is 0. The van der Waals surface area contributed by atoms with Crippen LogP contribution in [-0.4, -0.2) is 26.8 Å². The van der Waals surface area contributed by atoms with Crippen molar-refractivity contribution in [1.82, 2.24) is 0 Å². The number of carbonyl (C=O) groups is 1. The molecular weight excluding hydrogens is 224 g/mol. The van der Waals surface area contributed by atoms with Gasteiger partial charge in [0.2, 0.25) is 18.3 Å². The fourth-order valence-electron chi connectivity index (χ4n) is 2.05. The molecule has 0 saturated heterocycles.